The Bertz CT molecular complexity index is 5680. The molecule has 0 unspecified atom stereocenters. The number of thiocarbonyl (C=S) groups is 1. The smallest absolute Gasteiger partial charge is 0.336 e. The predicted molar refractivity (Wildman–Crippen MR) is 475 cm³/mol. The third-order valence-electron chi connectivity index (χ3n) is 20.9. The molecule has 0 fully saturated rings. The second-order valence-corrected chi connectivity index (χ2v) is 34.5. The van der Waals surface area contributed by atoms with E-state index in [0.29, 0.717) is 135 Å². The fraction of sp³-hybridized carbons (Fsp3) is 0.258. The van der Waals surface area contributed by atoms with Crippen molar-refractivity contribution in [1.29, 1.82) is 5.26 Å². The van der Waals surface area contributed by atoms with Gasteiger partial charge in [-0.1, -0.05) is 263 Å². The maximum atomic E-state index is 13.5. The van der Waals surface area contributed by atoms with Crippen LogP contribution in [0.1, 0.15) is 179 Å². The standard InChI is InChI=1S/C27H24N2O2S.C25H23NO2S.C22H23NO3.C15H18BrNO2.C8H6BrN/c1-5-14-29-25(31)22-23(28-26(29)32-15-6-2)21-13-12-19(16-20(21)17-27(22,3)4)24(30)18-10-8-7-9-11-18;1-4-12-26-21(29)14-20-19-11-10-17(23(27)16-8-6-5-7-9-16)13-18(19)15-25(2,3)22(20)24(26)28;1-4-26-21(25)18-19(23)17-11-10-15(12-16(17)13-22(18,2)3)20(24)14-8-6-5-7-9-14;1-4-19-14(18)12-13(17)11-6-5-10(16)7-9(11)8-15(12,2)3;1-6-4-8(9)3-2-7(6)5-10/h2,5,7-13,16H,1,14-15,17H2,3-4H3;4-11,13H,1,12,14-15H2,2-3H3;5-12H,4,13,23H2,1-3H3;5-7H,4,8,17H2,1-3H3;2-4H,1H3. The highest BCUT2D eigenvalue weighted by Gasteiger charge is 2.44. The number of terminal acetylenes is 1. The molecule has 0 bridgehead atoms. The monoisotopic (exact) mass is 1710 g/mol. The van der Waals surface area contributed by atoms with E-state index in [2.05, 4.69) is 90.8 Å². The number of nitriles is 1. The summed E-state index contributed by atoms with van der Waals surface area (Å²) in [4.78, 5) is 97.0. The summed E-state index contributed by atoms with van der Waals surface area (Å²) in [5, 5.41) is 9.13. The maximum Gasteiger partial charge on any atom is 0.336 e. The molecule has 8 aromatic carbocycles. The Kier molecular flexibility index (Phi) is 27.9. The highest BCUT2D eigenvalue weighted by atomic mass is 79.9. The lowest BCUT2D eigenvalue weighted by atomic mass is 9.67. The van der Waals surface area contributed by atoms with Crippen LogP contribution >= 0.6 is 55.8 Å². The molecule has 1 amide bonds. The lowest BCUT2D eigenvalue weighted by molar-refractivity contribution is -0.140. The Hall–Kier alpha value is -11.2. The number of nitrogens with zero attached hydrogens (tertiary/aromatic N) is 4. The first-order valence-corrected chi connectivity index (χ1v) is 41.1. The van der Waals surface area contributed by atoms with Crippen LogP contribution < -0.4 is 17.0 Å². The molecule has 4 N–H and O–H groups in total. The highest BCUT2D eigenvalue weighted by Crippen LogP contribution is 2.49. The molecule has 0 radical (unpaired) electrons. The molecule has 0 saturated heterocycles. The summed E-state index contributed by atoms with van der Waals surface area (Å²) in [5.74, 6) is 2.30. The molecule has 4 aliphatic carbocycles. The number of allylic oxidation sites excluding steroid dienone is 1. The van der Waals surface area contributed by atoms with E-state index in [4.69, 9.17) is 49.8 Å². The van der Waals surface area contributed by atoms with E-state index >= 15 is 0 Å². The number of ketones is 3. The Balaban J connectivity index is 0.000000159. The van der Waals surface area contributed by atoms with Crippen LogP contribution in [0.5, 0.6) is 0 Å². The minimum absolute atomic E-state index is 0.0124. The lowest BCUT2D eigenvalue weighted by Crippen LogP contribution is -2.45. The van der Waals surface area contributed by atoms with Gasteiger partial charge in [-0.05, 0) is 139 Å². The van der Waals surface area contributed by atoms with E-state index in [1.165, 1.54) is 11.8 Å². The summed E-state index contributed by atoms with van der Waals surface area (Å²) in [6.45, 7) is 30.8. The molecule has 19 heteroatoms. The number of thioether (sulfide) groups is 1. The van der Waals surface area contributed by atoms with E-state index in [-0.39, 0.29) is 51.6 Å². The van der Waals surface area contributed by atoms with Crippen LogP contribution in [-0.2, 0) is 61.5 Å². The average Bonchev–Trinajstić information content (AvgIpc) is 0.735. The van der Waals surface area contributed by atoms with Gasteiger partial charge in [-0.25, -0.2) is 14.6 Å². The SMILES string of the molecule is C#CCSc1nc2c(c(=O)n1CC=C)C(C)(C)Cc1cc(C(=O)c3ccccc3)ccc1-2.C=CCN1C(=O)C2=C(CC1=S)c1ccc(C(=O)c3ccccc3)cc1CC2(C)C.CCOC(=O)C1=C(N)c2ccc(Br)cc2CC1(C)C.CCOC(=O)C1=C(N)c2ccc(C(=O)c3ccccc3)cc2CC1(C)C.Cc1cc(Br)ccc1C#N. The van der Waals surface area contributed by atoms with Gasteiger partial charge in [-0.15, -0.1) is 19.6 Å². The first-order chi connectivity index (χ1) is 55.1. The second kappa shape index (κ2) is 37.2. The summed E-state index contributed by atoms with van der Waals surface area (Å²) in [7, 11) is 0. The molecule has 0 saturated carbocycles. The Labute approximate surface area is 706 Å². The number of amides is 1. The molecular weight excluding hydrogens is 1620 g/mol. The molecule has 2 heterocycles. The number of carbonyl (C=O) groups is 6. The largest absolute Gasteiger partial charge is 0.463 e. The third kappa shape index (κ3) is 19.2. The summed E-state index contributed by atoms with van der Waals surface area (Å²) in [6.07, 6.45) is 12.2. The van der Waals surface area contributed by atoms with Gasteiger partial charge in [0, 0.05) is 106 Å². The number of nitrogens with two attached hydrogens (primary N) is 2. The average molecular weight is 1710 g/mol. The van der Waals surface area contributed by atoms with E-state index in [0.717, 1.165) is 82.1 Å². The van der Waals surface area contributed by atoms with Crippen molar-refractivity contribution in [2.24, 2.45) is 27.7 Å². The van der Waals surface area contributed by atoms with Crippen molar-refractivity contribution in [3.05, 3.63) is 332 Å². The van der Waals surface area contributed by atoms with Gasteiger partial charge in [0.2, 0.25) is 0 Å². The van der Waals surface area contributed by atoms with E-state index in [1.807, 2.05) is 186 Å². The highest BCUT2D eigenvalue weighted by molar-refractivity contribution is 9.10. The first kappa shape index (κ1) is 87.2. The number of aromatic nitrogens is 2. The van der Waals surface area contributed by atoms with Crippen molar-refractivity contribution >= 4 is 113 Å². The van der Waals surface area contributed by atoms with Crippen molar-refractivity contribution < 1.29 is 38.2 Å². The van der Waals surface area contributed by atoms with Crippen LogP contribution in [0, 0.1) is 46.8 Å². The topological polar surface area (TPSA) is 235 Å². The van der Waals surface area contributed by atoms with Crippen molar-refractivity contribution in [3.63, 3.8) is 0 Å². The Morgan fingerprint density at radius 2 is 0.983 bits per heavy atom. The van der Waals surface area contributed by atoms with E-state index in [1.54, 1.807) is 59.7 Å². The molecule has 14 rings (SSSR count). The number of aryl methyl sites for hydroxylation is 1. The molecule has 9 aromatic rings. The normalized spacial score (nSPS) is 15.1. The second-order valence-electron chi connectivity index (χ2n) is 31.3. The number of carbonyl (C=O) groups excluding carboxylic acids is 6. The predicted octanol–water partition coefficient (Wildman–Crippen LogP) is 19.5. The van der Waals surface area contributed by atoms with Gasteiger partial charge in [0.25, 0.3) is 11.5 Å². The summed E-state index contributed by atoms with van der Waals surface area (Å²) < 4.78 is 14.0. The molecule has 0 atom stereocenters. The number of halogens is 2. The van der Waals surface area contributed by atoms with Crippen molar-refractivity contribution in [2.45, 2.75) is 125 Å². The molecule has 15 nitrogen and oxygen atoms in total. The van der Waals surface area contributed by atoms with Gasteiger partial charge in [-0.3, -0.25) is 33.4 Å². The molecule has 1 aliphatic heterocycles. The molecule has 0 spiro atoms. The zero-order valence-electron chi connectivity index (χ0n) is 67.2. The number of hydrogen-bond donors (Lipinski definition) is 2. The molecule has 592 valence electrons. The Morgan fingerprint density at radius 3 is 1.44 bits per heavy atom. The minimum Gasteiger partial charge on any atom is -0.463 e. The number of rotatable bonds is 16. The fourth-order valence-electron chi connectivity index (χ4n) is 15.7. The molecule has 1 aromatic heterocycles. The molecule has 5 aliphatic rings. The zero-order valence-corrected chi connectivity index (χ0v) is 72.0. The zero-order chi connectivity index (χ0) is 84.3. The molecule has 116 heavy (non-hydrogen) atoms. The third-order valence-corrected chi connectivity index (χ3v) is 23.1. The number of fused-ring (bicyclic) bond motifs is 7. The summed E-state index contributed by atoms with van der Waals surface area (Å²) in [5.41, 5.74) is 29.8. The van der Waals surface area contributed by atoms with E-state index < -0.39 is 10.8 Å². The Morgan fingerprint density at radius 1 is 0.569 bits per heavy atom. The van der Waals surface area contributed by atoms with E-state index in [9.17, 15) is 33.6 Å². The molecular formula is C97H94Br2N6O9S2. The fourth-order valence-corrected chi connectivity index (χ4v) is 17.5. The van der Waals surface area contributed by atoms with Gasteiger partial charge in [-0.2, -0.15) is 5.26 Å². The van der Waals surface area contributed by atoms with Crippen LogP contribution in [0.25, 0.3) is 28.2 Å². The maximum absolute atomic E-state index is 13.5. The first-order valence-electron chi connectivity index (χ1n) is 38.2. The van der Waals surface area contributed by atoms with Crippen LogP contribution in [0.3, 0.4) is 0 Å². The van der Waals surface area contributed by atoms with Gasteiger partial charge < -0.3 is 20.9 Å². The van der Waals surface area contributed by atoms with Gasteiger partial charge >= 0.3 is 11.9 Å². The summed E-state index contributed by atoms with van der Waals surface area (Å²) >= 11 is 13.7. The number of ether oxygens (including phenoxy) is 2. The van der Waals surface area contributed by atoms with Gasteiger partial charge in [0.05, 0.1) is 63.8 Å². The lowest BCUT2D eigenvalue weighted by Gasteiger charge is -2.41. The van der Waals surface area contributed by atoms with Crippen molar-refractivity contribution in [3.8, 4) is 29.7 Å². The van der Waals surface area contributed by atoms with Crippen LogP contribution in [0.15, 0.2) is 243 Å². The number of esters is 2. The minimum atomic E-state index is -0.461. The van der Waals surface area contributed by atoms with Crippen LogP contribution in [-0.4, -0.2) is 80.1 Å². The van der Waals surface area contributed by atoms with Crippen molar-refractivity contribution in [2.75, 3.05) is 25.5 Å². The van der Waals surface area contributed by atoms with Crippen LogP contribution in [0.4, 0.5) is 0 Å². The number of hydrogen-bond acceptors (Lipinski definition) is 15. The quantitative estimate of drug-likeness (QED) is 0.0174. The van der Waals surface area contributed by atoms with Gasteiger partial charge in [0.1, 0.15) is 0 Å². The summed E-state index contributed by atoms with van der Waals surface area (Å²) in [6, 6.07) is 58.4. The number of benzene rings is 8. The van der Waals surface area contributed by atoms with Crippen LogP contribution in [0.2, 0.25) is 0 Å². The van der Waals surface area contributed by atoms with Crippen molar-refractivity contribution in [1.82, 2.24) is 14.5 Å². The van der Waals surface area contributed by atoms with Gasteiger partial charge in [0.15, 0.2) is 22.5 Å².